The predicted molar refractivity (Wildman–Crippen MR) is 110 cm³/mol. The van der Waals surface area contributed by atoms with Crippen molar-refractivity contribution in [2.45, 2.75) is 46.2 Å². The van der Waals surface area contributed by atoms with Crippen LogP contribution in [0.25, 0.3) is 11.0 Å². The van der Waals surface area contributed by atoms with Crippen LogP contribution >= 0.6 is 0 Å². The van der Waals surface area contributed by atoms with Crippen LogP contribution in [0, 0.1) is 13.8 Å². The number of hydrogen-bond acceptors (Lipinski definition) is 3. The van der Waals surface area contributed by atoms with Crippen LogP contribution in [-0.2, 0) is 13.1 Å². The Morgan fingerprint density at radius 2 is 1.81 bits per heavy atom. The Hall–Kier alpha value is -2.33. The lowest BCUT2D eigenvalue weighted by Crippen LogP contribution is -2.30. The number of rotatable bonds is 6. The molecule has 1 aromatic heterocycles. The topological polar surface area (TPSA) is 30.3 Å². The molecule has 0 spiro atoms. The molecule has 3 aromatic rings. The van der Waals surface area contributed by atoms with Gasteiger partial charge >= 0.3 is 0 Å². The van der Waals surface area contributed by atoms with Gasteiger partial charge in [-0.1, -0.05) is 30.7 Å². The average molecular weight is 364 g/mol. The molecule has 4 heteroatoms. The van der Waals surface area contributed by atoms with Crippen LogP contribution in [0.2, 0.25) is 0 Å². The summed E-state index contributed by atoms with van der Waals surface area (Å²) in [5.41, 5.74) is 4.70. The third-order valence-corrected chi connectivity index (χ3v) is 5.46. The summed E-state index contributed by atoms with van der Waals surface area (Å²) in [6.07, 6.45) is 3.96. The zero-order valence-electron chi connectivity index (χ0n) is 16.4. The van der Waals surface area contributed by atoms with E-state index in [2.05, 4.69) is 65.8 Å². The first-order valence-electron chi connectivity index (χ1n) is 10.1. The molecule has 0 saturated carbocycles. The summed E-state index contributed by atoms with van der Waals surface area (Å²) >= 11 is 0. The van der Waals surface area contributed by atoms with Crippen LogP contribution in [0.3, 0.4) is 0 Å². The molecule has 1 aliphatic heterocycles. The molecule has 0 aliphatic carbocycles. The number of imidazole rings is 1. The lowest BCUT2D eigenvalue weighted by atomic mass is 10.1. The van der Waals surface area contributed by atoms with Gasteiger partial charge in [0.15, 0.2) is 0 Å². The standard InChI is InChI=1S/C23H29N3O/c1-18-10-11-19(2)22(16-18)27-15-14-26-21-9-5-4-8-20(21)24-23(26)17-25-12-6-3-7-13-25/h4-5,8-11,16H,3,6-7,12-15,17H2,1-2H3. The lowest BCUT2D eigenvalue weighted by molar-refractivity contribution is 0.211. The van der Waals surface area contributed by atoms with Crippen LogP contribution in [0.1, 0.15) is 36.2 Å². The molecule has 1 aliphatic rings. The van der Waals surface area contributed by atoms with Crippen molar-refractivity contribution in [3.05, 3.63) is 59.4 Å². The highest BCUT2D eigenvalue weighted by Gasteiger charge is 2.16. The number of ether oxygens (including phenoxy) is 1. The molecule has 0 N–H and O–H groups in total. The zero-order chi connectivity index (χ0) is 18.6. The van der Waals surface area contributed by atoms with Crippen LogP contribution in [0.5, 0.6) is 5.75 Å². The Balaban J connectivity index is 1.52. The normalized spacial score (nSPS) is 15.3. The molecule has 2 heterocycles. The molecule has 0 unspecified atom stereocenters. The lowest BCUT2D eigenvalue weighted by Gasteiger charge is -2.26. The quantitative estimate of drug-likeness (QED) is 0.635. The number of aromatic nitrogens is 2. The number of fused-ring (bicyclic) bond motifs is 1. The number of nitrogens with zero attached hydrogens (tertiary/aromatic N) is 3. The summed E-state index contributed by atoms with van der Waals surface area (Å²) in [6.45, 7) is 8.97. The van der Waals surface area contributed by atoms with E-state index in [0.29, 0.717) is 6.61 Å². The minimum absolute atomic E-state index is 0.650. The van der Waals surface area contributed by atoms with Crippen molar-refractivity contribution < 1.29 is 4.74 Å². The van der Waals surface area contributed by atoms with Gasteiger partial charge in [-0.2, -0.15) is 0 Å². The van der Waals surface area contributed by atoms with Gasteiger partial charge in [0.25, 0.3) is 0 Å². The summed E-state index contributed by atoms with van der Waals surface area (Å²) in [5, 5.41) is 0. The van der Waals surface area contributed by atoms with Gasteiger partial charge in [0, 0.05) is 0 Å². The second kappa shape index (κ2) is 8.13. The molecular formula is C23H29N3O. The largest absolute Gasteiger partial charge is 0.491 e. The number of piperidine rings is 1. The fourth-order valence-corrected chi connectivity index (χ4v) is 3.92. The second-order valence-electron chi connectivity index (χ2n) is 7.62. The van der Waals surface area contributed by atoms with Gasteiger partial charge in [-0.3, -0.25) is 4.90 Å². The van der Waals surface area contributed by atoms with Crippen molar-refractivity contribution in [2.24, 2.45) is 0 Å². The highest BCUT2D eigenvalue weighted by Crippen LogP contribution is 2.21. The molecule has 0 radical (unpaired) electrons. The Labute approximate surface area is 161 Å². The summed E-state index contributed by atoms with van der Waals surface area (Å²) < 4.78 is 8.46. The van der Waals surface area contributed by atoms with Gasteiger partial charge in [-0.25, -0.2) is 4.98 Å². The van der Waals surface area contributed by atoms with Gasteiger partial charge in [0.2, 0.25) is 0 Å². The van der Waals surface area contributed by atoms with Gasteiger partial charge in [0.05, 0.1) is 24.1 Å². The van der Waals surface area contributed by atoms with Crippen molar-refractivity contribution in [3.8, 4) is 5.75 Å². The predicted octanol–water partition coefficient (Wildman–Crippen LogP) is 4.72. The minimum Gasteiger partial charge on any atom is -0.491 e. The van der Waals surface area contributed by atoms with E-state index in [-0.39, 0.29) is 0 Å². The maximum absolute atomic E-state index is 6.12. The van der Waals surface area contributed by atoms with Gasteiger partial charge in [0.1, 0.15) is 18.2 Å². The van der Waals surface area contributed by atoms with Crippen molar-refractivity contribution in [1.29, 1.82) is 0 Å². The van der Waals surface area contributed by atoms with Crippen molar-refractivity contribution >= 4 is 11.0 Å². The Bertz CT molecular complexity index is 909. The number of para-hydroxylation sites is 2. The minimum atomic E-state index is 0.650. The van der Waals surface area contributed by atoms with Crippen LogP contribution in [0.4, 0.5) is 0 Å². The van der Waals surface area contributed by atoms with Crippen molar-refractivity contribution in [3.63, 3.8) is 0 Å². The molecular weight excluding hydrogens is 334 g/mol. The molecule has 0 amide bonds. The van der Waals surface area contributed by atoms with Crippen molar-refractivity contribution in [1.82, 2.24) is 14.5 Å². The fraction of sp³-hybridized carbons (Fsp3) is 0.435. The van der Waals surface area contributed by atoms with E-state index >= 15 is 0 Å². The van der Waals surface area contributed by atoms with E-state index in [1.54, 1.807) is 0 Å². The Kier molecular flexibility index (Phi) is 5.44. The van der Waals surface area contributed by atoms with E-state index in [1.807, 2.05) is 0 Å². The second-order valence-corrected chi connectivity index (χ2v) is 7.62. The fourth-order valence-electron chi connectivity index (χ4n) is 3.92. The van der Waals surface area contributed by atoms with Gasteiger partial charge < -0.3 is 9.30 Å². The third kappa shape index (κ3) is 4.16. The Morgan fingerprint density at radius 1 is 1.00 bits per heavy atom. The molecule has 0 bridgehead atoms. The molecule has 0 atom stereocenters. The molecule has 4 nitrogen and oxygen atoms in total. The number of likely N-dealkylation sites (tertiary alicyclic amines) is 1. The first kappa shape index (κ1) is 18.1. The van der Waals surface area contributed by atoms with E-state index in [1.165, 1.54) is 49.0 Å². The summed E-state index contributed by atoms with van der Waals surface area (Å²) in [6, 6.07) is 14.8. The van der Waals surface area contributed by atoms with Crippen molar-refractivity contribution in [2.75, 3.05) is 19.7 Å². The molecule has 27 heavy (non-hydrogen) atoms. The Morgan fingerprint density at radius 3 is 2.67 bits per heavy atom. The maximum atomic E-state index is 6.12. The molecule has 2 aromatic carbocycles. The van der Waals surface area contributed by atoms with Gasteiger partial charge in [-0.15, -0.1) is 0 Å². The first-order valence-corrected chi connectivity index (χ1v) is 10.1. The highest BCUT2D eigenvalue weighted by atomic mass is 16.5. The van der Waals surface area contributed by atoms with Crippen LogP contribution in [-0.4, -0.2) is 34.1 Å². The summed E-state index contributed by atoms with van der Waals surface area (Å²) in [7, 11) is 0. The summed E-state index contributed by atoms with van der Waals surface area (Å²) in [4.78, 5) is 7.46. The van der Waals surface area contributed by atoms with E-state index in [9.17, 15) is 0 Å². The van der Waals surface area contributed by atoms with Crippen LogP contribution < -0.4 is 4.74 Å². The summed E-state index contributed by atoms with van der Waals surface area (Å²) in [5.74, 6) is 2.14. The average Bonchev–Trinajstić information content (AvgIpc) is 3.03. The van der Waals surface area contributed by atoms with E-state index in [4.69, 9.17) is 9.72 Å². The monoisotopic (exact) mass is 363 g/mol. The number of benzene rings is 2. The third-order valence-electron chi connectivity index (χ3n) is 5.46. The maximum Gasteiger partial charge on any atom is 0.124 e. The molecule has 1 fully saturated rings. The highest BCUT2D eigenvalue weighted by molar-refractivity contribution is 5.75. The molecule has 1 saturated heterocycles. The van der Waals surface area contributed by atoms with Gasteiger partial charge in [-0.05, 0) is 69.1 Å². The SMILES string of the molecule is Cc1ccc(C)c(OCCn2c(CN3CCCCC3)nc3ccccc32)c1. The number of hydrogen-bond donors (Lipinski definition) is 0. The van der Waals surface area contributed by atoms with E-state index in [0.717, 1.165) is 30.2 Å². The molecule has 4 rings (SSSR count). The van der Waals surface area contributed by atoms with E-state index < -0.39 is 0 Å². The first-order chi connectivity index (χ1) is 13.2. The number of aryl methyl sites for hydroxylation is 2. The molecule has 142 valence electrons. The zero-order valence-corrected chi connectivity index (χ0v) is 16.4. The smallest absolute Gasteiger partial charge is 0.124 e. The van der Waals surface area contributed by atoms with Crippen LogP contribution in [0.15, 0.2) is 42.5 Å².